The number of aliphatic hydroxyl groups is 1. The number of rotatable bonds is 10. The van der Waals surface area contributed by atoms with Crippen molar-refractivity contribution in [2.75, 3.05) is 21.9 Å². The minimum atomic E-state index is -3.97. The maximum atomic E-state index is 13.2. The fourth-order valence-electron chi connectivity index (χ4n) is 3.93. The monoisotopic (exact) mass is 515 g/mol. The summed E-state index contributed by atoms with van der Waals surface area (Å²) in [7, 11) is -3.97. The van der Waals surface area contributed by atoms with Crippen molar-refractivity contribution in [1.29, 1.82) is 0 Å². The molecule has 1 aliphatic carbocycles. The molecule has 10 nitrogen and oxygen atoms in total. The molecule has 1 fully saturated rings. The van der Waals surface area contributed by atoms with E-state index in [-0.39, 0.29) is 22.9 Å². The van der Waals surface area contributed by atoms with E-state index in [1.54, 1.807) is 6.20 Å². The van der Waals surface area contributed by atoms with Crippen LogP contribution < -0.4 is 15.4 Å². The Balaban J connectivity index is 1.60. The van der Waals surface area contributed by atoms with Gasteiger partial charge in [0.1, 0.15) is 23.8 Å². The number of sulfonamides is 1. The normalized spacial score (nSPS) is 18.0. The average Bonchev–Trinajstić information content (AvgIpc) is 2.86. The average molecular weight is 516 g/mol. The molecule has 0 aliphatic heterocycles. The van der Waals surface area contributed by atoms with Crippen molar-refractivity contribution in [3.8, 4) is 11.3 Å². The van der Waals surface area contributed by atoms with Crippen molar-refractivity contribution in [3.05, 3.63) is 48.7 Å². The minimum absolute atomic E-state index is 0.0567. The number of hydrogen-bond acceptors (Lipinski definition) is 9. The summed E-state index contributed by atoms with van der Waals surface area (Å²) in [6.07, 6.45) is 7.66. The Morgan fingerprint density at radius 2 is 1.83 bits per heavy atom. The van der Waals surface area contributed by atoms with Gasteiger partial charge in [0.05, 0.1) is 22.3 Å². The SMILES string of the molecule is CCCCNc1ncc(-c2cc(NS(=O)(=O)c3ccc(F)cc3)ncn2)c(N[C@H]2CC[C@H](O)CC2)n1. The molecule has 0 saturated heterocycles. The maximum Gasteiger partial charge on any atom is 0.263 e. The Morgan fingerprint density at radius 1 is 1.08 bits per heavy atom. The molecule has 0 atom stereocenters. The lowest BCUT2D eigenvalue weighted by atomic mass is 9.93. The van der Waals surface area contributed by atoms with Crippen LogP contribution in [-0.2, 0) is 10.0 Å². The van der Waals surface area contributed by atoms with Gasteiger partial charge in [0, 0.05) is 24.8 Å². The third kappa shape index (κ3) is 6.64. The second-order valence-corrected chi connectivity index (χ2v) is 10.4. The van der Waals surface area contributed by atoms with Crippen LogP contribution in [0.5, 0.6) is 0 Å². The van der Waals surface area contributed by atoms with Gasteiger partial charge in [-0.25, -0.2) is 27.8 Å². The van der Waals surface area contributed by atoms with Crippen LogP contribution in [0.15, 0.2) is 47.8 Å². The van der Waals surface area contributed by atoms with E-state index >= 15 is 0 Å². The molecule has 192 valence electrons. The Hall–Kier alpha value is -3.38. The Labute approximate surface area is 209 Å². The summed E-state index contributed by atoms with van der Waals surface area (Å²) in [6.45, 7) is 2.85. The molecular formula is C24H30FN7O3S. The second kappa shape index (κ2) is 11.6. The van der Waals surface area contributed by atoms with Crippen molar-refractivity contribution in [1.82, 2.24) is 19.9 Å². The van der Waals surface area contributed by atoms with Crippen LogP contribution in [0.3, 0.4) is 0 Å². The lowest BCUT2D eigenvalue weighted by molar-refractivity contribution is 0.126. The summed E-state index contributed by atoms with van der Waals surface area (Å²) < 4.78 is 41.1. The van der Waals surface area contributed by atoms with E-state index in [0.29, 0.717) is 35.9 Å². The number of halogens is 1. The van der Waals surface area contributed by atoms with Crippen LogP contribution in [0, 0.1) is 5.82 Å². The summed E-state index contributed by atoms with van der Waals surface area (Å²) in [5.41, 5.74) is 1.02. The van der Waals surface area contributed by atoms with E-state index in [4.69, 9.17) is 0 Å². The van der Waals surface area contributed by atoms with Gasteiger partial charge < -0.3 is 15.7 Å². The van der Waals surface area contributed by atoms with Crippen molar-refractivity contribution in [3.63, 3.8) is 0 Å². The quantitative estimate of drug-likeness (QED) is 0.297. The van der Waals surface area contributed by atoms with Gasteiger partial charge in [-0.05, 0) is 56.4 Å². The van der Waals surface area contributed by atoms with Crippen LogP contribution >= 0.6 is 0 Å². The van der Waals surface area contributed by atoms with Gasteiger partial charge in [-0.2, -0.15) is 4.98 Å². The molecule has 36 heavy (non-hydrogen) atoms. The zero-order valence-corrected chi connectivity index (χ0v) is 20.8. The number of benzene rings is 1. The third-order valence-electron chi connectivity index (χ3n) is 5.95. The smallest absolute Gasteiger partial charge is 0.263 e. The van der Waals surface area contributed by atoms with Gasteiger partial charge >= 0.3 is 0 Å². The standard InChI is InChI=1S/C24H30FN7O3S/c1-2-3-12-26-24-27-14-20(23(31-24)30-17-6-8-18(33)9-7-17)21-13-22(29-15-28-21)32-36(34,35)19-10-4-16(25)5-11-19/h4-5,10-11,13-15,17-18,33H,2-3,6-9,12H2,1H3,(H,28,29,32)(H2,26,27,30,31)/t17-,18-. The Morgan fingerprint density at radius 3 is 2.56 bits per heavy atom. The molecule has 2 aromatic heterocycles. The molecule has 2 heterocycles. The highest BCUT2D eigenvalue weighted by molar-refractivity contribution is 7.92. The van der Waals surface area contributed by atoms with Crippen LogP contribution in [0.25, 0.3) is 11.3 Å². The fourth-order valence-corrected chi connectivity index (χ4v) is 4.92. The van der Waals surface area contributed by atoms with Crippen LogP contribution in [-0.4, -0.2) is 52.2 Å². The van der Waals surface area contributed by atoms with E-state index < -0.39 is 15.8 Å². The zero-order valence-electron chi connectivity index (χ0n) is 20.0. The first-order chi connectivity index (χ1) is 17.3. The highest BCUT2D eigenvalue weighted by Gasteiger charge is 2.22. The van der Waals surface area contributed by atoms with Crippen LogP contribution in [0.4, 0.5) is 22.0 Å². The van der Waals surface area contributed by atoms with Crippen molar-refractivity contribution in [2.24, 2.45) is 0 Å². The minimum Gasteiger partial charge on any atom is -0.393 e. The molecule has 4 rings (SSSR count). The van der Waals surface area contributed by atoms with Crippen LogP contribution in [0.2, 0.25) is 0 Å². The molecule has 4 N–H and O–H groups in total. The first-order valence-corrected chi connectivity index (χ1v) is 13.5. The Kier molecular flexibility index (Phi) is 8.26. The van der Waals surface area contributed by atoms with Crippen LogP contribution in [0.1, 0.15) is 45.4 Å². The van der Waals surface area contributed by atoms with Gasteiger partial charge in [0.25, 0.3) is 10.0 Å². The van der Waals surface area contributed by atoms with E-state index in [1.807, 2.05) is 0 Å². The molecule has 1 aliphatic rings. The molecule has 1 saturated carbocycles. The number of hydrogen-bond donors (Lipinski definition) is 4. The van der Waals surface area contributed by atoms with Gasteiger partial charge in [-0.3, -0.25) is 4.72 Å². The molecular weight excluding hydrogens is 485 g/mol. The topological polar surface area (TPSA) is 142 Å². The molecule has 0 radical (unpaired) electrons. The zero-order chi connectivity index (χ0) is 25.5. The Bertz CT molecular complexity index is 1270. The molecule has 0 bridgehead atoms. The summed E-state index contributed by atoms with van der Waals surface area (Å²) in [6, 6.07) is 6.15. The van der Waals surface area contributed by atoms with Gasteiger partial charge in [0.2, 0.25) is 5.95 Å². The van der Waals surface area contributed by atoms with Crippen molar-refractivity contribution in [2.45, 2.75) is 62.5 Å². The number of nitrogens with one attached hydrogen (secondary N) is 3. The van der Waals surface area contributed by atoms with E-state index in [0.717, 1.165) is 44.4 Å². The number of nitrogens with zero attached hydrogens (tertiary/aromatic N) is 4. The first-order valence-electron chi connectivity index (χ1n) is 12.0. The summed E-state index contributed by atoms with van der Waals surface area (Å²) in [5.74, 6) is 0.577. The van der Waals surface area contributed by atoms with Gasteiger partial charge in [0.15, 0.2) is 0 Å². The lowest BCUT2D eigenvalue weighted by Gasteiger charge is -2.27. The summed E-state index contributed by atoms with van der Waals surface area (Å²) in [5, 5.41) is 16.5. The highest BCUT2D eigenvalue weighted by atomic mass is 32.2. The molecule has 0 unspecified atom stereocenters. The largest absolute Gasteiger partial charge is 0.393 e. The van der Waals surface area contributed by atoms with Crippen molar-refractivity contribution < 1.29 is 17.9 Å². The molecule has 0 amide bonds. The second-order valence-electron chi connectivity index (χ2n) is 8.73. The third-order valence-corrected chi connectivity index (χ3v) is 7.32. The van der Waals surface area contributed by atoms with E-state index in [1.165, 1.54) is 24.5 Å². The molecule has 0 spiro atoms. The predicted octanol–water partition coefficient (Wildman–Crippen LogP) is 3.80. The van der Waals surface area contributed by atoms with Gasteiger partial charge in [-0.15, -0.1) is 0 Å². The van der Waals surface area contributed by atoms with Gasteiger partial charge in [-0.1, -0.05) is 13.3 Å². The first kappa shape index (κ1) is 25.7. The molecule has 12 heteroatoms. The fraction of sp³-hybridized carbons (Fsp3) is 0.417. The van der Waals surface area contributed by atoms with E-state index in [9.17, 15) is 17.9 Å². The van der Waals surface area contributed by atoms with Crippen molar-refractivity contribution >= 4 is 27.6 Å². The number of unbranched alkanes of at least 4 members (excludes halogenated alkanes) is 1. The molecule has 3 aromatic rings. The predicted molar refractivity (Wildman–Crippen MR) is 136 cm³/mol. The summed E-state index contributed by atoms with van der Waals surface area (Å²) in [4.78, 5) is 17.3. The highest BCUT2D eigenvalue weighted by Crippen LogP contribution is 2.30. The number of aliphatic hydroxyl groups excluding tert-OH is 1. The lowest BCUT2D eigenvalue weighted by Crippen LogP contribution is -2.29. The maximum absolute atomic E-state index is 13.2. The number of anilines is 3. The molecule has 1 aromatic carbocycles. The summed E-state index contributed by atoms with van der Waals surface area (Å²) >= 11 is 0. The number of aromatic nitrogens is 4. The van der Waals surface area contributed by atoms with E-state index in [2.05, 4.69) is 42.2 Å².